The summed E-state index contributed by atoms with van der Waals surface area (Å²) in [6.07, 6.45) is 3.40. The fourth-order valence-electron chi connectivity index (χ4n) is 2.49. The molecule has 0 saturated heterocycles. The zero-order valence-electron chi connectivity index (χ0n) is 13.1. The summed E-state index contributed by atoms with van der Waals surface area (Å²) in [5.41, 5.74) is 2.43. The molecule has 0 aliphatic carbocycles. The normalized spacial score (nSPS) is 10.6. The Labute approximate surface area is 148 Å². The highest BCUT2D eigenvalue weighted by molar-refractivity contribution is 7.12. The highest BCUT2D eigenvalue weighted by Gasteiger charge is 2.07. The Morgan fingerprint density at radius 3 is 2.68 bits per heavy atom. The Morgan fingerprint density at radius 1 is 0.960 bits per heavy atom. The van der Waals surface area contributed by atoms with Gasteiger partial charge < -0.3 is 10.6 Å². The number of hydrogen-bond acceptors (Lipinski definition) is 5. The first-order valence-electron chi connectivity index (χ1n) is 7.71. The number of amides is 1. The molecule has 0 unspecified atom stereocenters. The third-order valence-corrected chi connectivity index (χ3v) is 4.53. The maximum Gasteiger partial charge on any atom is 0.265 e. The Kier molecular flexibility index (Phi) is 4.10. The molecule has 0 spiro atoms. The number of carbonyl (C=O) groups excluding carboxylic acids is 1. The summed E-state index contributed by atoms with van der Waals surface area (Å²) < 4.78 is 0. The molecule has 3 aromatic heterocycles. The number of rotatable bonds is 4. The van der Waals surface area contributed by atoms with Gasteiger partial charge in [0.1, 0.15) is 5.82 Å². The molecular weight excluding hydrogens is 332 g/mol. The maximum atomic E-state index is 12.0. The highest BCUT2D eigenvalue weighted by atomic mass is 32.1. The molecule has 1 aromatic carbocycles. The Bertz CT molecular complexity index is 1010. The fourth-order valence-corrected chi connectivity index (χ4v) is 3.10. The van der Waals surface area contributed by atoms with E-state index in [1.54, 1.807) is 18.5 Å². The number of hydrogen-bond donors (Lipinski definition) is 2. The van der Waals surface area contributed by atoms with Gasteiger partial charge in [0.25, 0.3) is 5.91 Å². The topological polar surface area (TPSA) is 66.9 Å². The van der Waals surface area contributed by atoms with Gasteiger partial charge in [-0.1, -0.05) is 24.3 Å². The van der Waals surface area contributed by atoms with Crippen molar-refractivity contribution in [2.45, 2.75) is 0 Å². The van der Waals surface area contributed by atoms with Crippen molar-refractivity contribution in [3.8, 4) is 0 Å². The molecule has 3 heterocycles. The summed E-state index contributed by atoms with van der Waals surface area (Å²) in [6, 6.07) is 17.2. The van der Waals surface area contributed by atoms with Crippen LogP contribution in [-0.4, -0.2) is 15.9 Å². The lowest BCUT2D eigenvalue weighted by Gasteiger charge is -2.09. The van der Waals surface area contributed by atoms with Crippen LogP contribution in [0.15, 0.2) is 72.4 Å². The monoisotopic (exact) mass is 346 g/mol. The molecule has 5 nitrogen and oxygen atoms in total. The lowest BCUT2D eigenvalue weighted by molar-refractivity contribution is 0.103. The second-order valence-corrected chi connectivity index (χ2v) is 6.32. The van der Waals surface area contributed by atoms with Crippen molar-refractivity contribution in [1.82, 2.24) is 9.97 Å². The van der Waals surface area contributed by atoms with Gasteiger partial charge in [-0.05, 0) is 35.7 Å². The molecular formula is C19H14N4OS. The van der Waals surface area contributed by atoms with E-state index in [-0.39, 0.29) is 5.91 Å². The molecule has 2 N–H and O–H groups in total. The lowest BCUT2D eigenvalue weighted by atomic mass is 10.2. The smallest absolute Gasteiger partial charge is 0.265 e. The van der Waals surface area contributed by atoms with Crippen LogP contribution in [0.3, 0.4) is 0 Å². The highest BCUT2D eigenvalue weighted by Crippen LogP contribution is 2.24. The number of carbonyl (C=O) groups is 1. The van der Waals surface area contributed by atoms with E-state index >= 15 is 0 Å². The average Bonchev–Trinajstić information content (AvgIpc) is 3.19. The largest absolute Gasteiger partial charge is 0.338 e. The first-order chi connectivity index (χ1) is 12.3. The minimum absolute atomic E-state index is 0.129. The Hall–Kier alpha value is -3.25. The van der Waals surface area contributed by atoms with Gasteiger partial charge in [-0.2, -0.15) is 0 Å². The van der Waals surface area contributed by atoms with E-state index in [2.05, 4.69) is 20.6 Å². The zero-order valence-corrected chi connectivity index (χ0v) is 14.0. The van der Waals surface area contributed by atoms with E-state index in [1.165, 1.54) is 11.3 Å². The molecule has 0 aliphatic rings. The van der Waals surface area contributed by atoms with Crippen LogP contribution in [0.2, 0.25) is 0 Å². The van der Waals surface area contributed by atoms with Gasteiger partial charge >= 0.3 is 0 Å². The van der Waals surface area contributed by atoms with Gasteiger partial charge in [-0.3, -0.25) is 9.78 Å². The molecule has 0 radical (unpaired) electrons. The van der Waals surface area contributed by atoms with Gasteiger partial charge in [0.2, 0.25) is 0 Å². The molecule has 0 bridgehead atoms. The number of thiophene rings is 1. The number of pyridine rings is 2. The van der Waals surface area contributed by atoms with E-state index in [0.717, 1.165) is 16.6 Å². The number of fused-ring (bicyclic) bond motifs is 1. The number of nitrogens with one attached hydrogen (secondary N) is 2. The minimum atomic E-state index is -0.129. The molecule has 122 valence electrons. The van der Waals surface area contributed by atoms with Crippen LogP contribution in [0.4, 0.5) is 17.2 Å². The number of benzene rings is 1. The molecule has 0 fully saturated rings. The minimum Gasteiger partial charge on any atom is -0.338 e. The van der Waals surface area contributed by atoms with Crippen molar-refractivity contribution < 1.29 is 4.79 Å². The molecule has 4 rings (SSSR count). The van der Waals surface area contributed by atoms with Crippen LogP contribution in [0.5, 0.6) is 0 Å². The first-order valence-corrected chi connectivity index (χ1v) is 8.59. The summed E-state index contributed by atoms with van der Waals surface area (Å²) >= 11 is 1.40. The molecule has 6 heteroatoms. The predicted octanol–water partition coefficient (Wildman–Crippen LogP) is 4.69. The molecule has 4 aromatic rings. The van der Waals surface area contributed by atoms with Crippen LogP contribution in [-0.2, 0) is 0 Å². The number of anilines is 3. The maximum absolute atomic E-state index is 12.0. The van der Waals surface area contributed by atoms with E-state index < -0.39 is 0 Å². The van der Waals surface area contributed by atoms with Gasteiger partial charge in [-0.15, -0.1) is 11.3 Å². The molecule has 0 saturated carbocycles. The van der Waals surface area contributed by atoms with E-state index in [9.17, 15) is 4.79 Å². The van der Waals surface area contributed by atoms with Crippen molar-refractivity contribution in [1.29, 1.82) is 0 Å². The standard InChI is InChI=1S/C19H14N4OS/c24-19(16-7-3-11-25-16)22-14-8-9-17(21-12-14)23-15-6-1-4-13-5-2-10-20-18(13)15/h1-12H,(H,21,23)(H,22,24). The van der Waals surface area contributed by atoms with Crippen molar-refractivity contribution in [2.24, 2.45) is 0 Å². The average molecular weight is 346 g/mol. The molecule has 1 amide bonds. The van der Waals surface area contributed by atoms with Crippen molar-refractivity contribution in [2.75, 3.05) is 10.6 Å². The fraction of sp³-hybridized carbons (Fsp3) is 0. The molecule has 25 heavy (non-hydrogen) atoms. The SMILES string of the molecule is O=C(Nc1ccc(Nc2cccc3cccnc23)nc1)c1cccs1. The number of para-hydroxylation sites is 1. The molecule has 0 atom stereocenters. The van der Waals surface area contributed by atoms with Gasteiger partial charge in [0, 0.05) is 11.6 Å². The summed E-state index contributed by atoms with van der Waals surface area (Å²) in [4.78, 5) is 21.5. The van der Waals surface area contributed by atoms with E-state index in [0.29, 0.717) is 16.4 Å². The summed E-state index contributed by atoms with van der Waals surface area (Å²) in [6.45, 7) is 0. The van der Waals surface area contributed by atoms with Crippen LogP contribution >= 0.6 is 11.3 Å². The van der Waals surface area contributed by atoms with Crippen molar-refractivity contribution >= 4 is 45.3 Å². The third kappa shape index (κ3) is 3.34. The van der Waals surface area contributed by atoms with Crippen LogP contribution in [0.25, 0.3) is 10.9 Å². The van der Waals surface area contributed by atoms with Gasteiger partial charge in [0.05, 0.1) is 28.0 Å². The van der Waals surface area contributed by atoms with Gasteiger partial charge in [-0.25, -0.2) is 4.98 Å². The van der Waals surface area contributed by atoms with Gasteiger partial charge in [0.15, 0.2) is 0 Å². The Morgan fingerprint density at radius 2 is 1.88 bits per heavy atom. The zero-order chi connectivity index (χ0) is 17.1. The Balaban J connectivity index is 1.51. The second kappa shape index (κ2) is 6.70. The first kappa shape index (κ1) is 15.3. The second-order valence-electron chi connectivity index (χ2n) is 5.37. The number of nitrogens with zero attached hydrogens (tertiary/aromatic N) is 2. The van der Waals surface area contributed by atoms with Crippen molar-refractivity contribution in [3.63, 3.8) is 0 Å². The van der Waals surface area contributed by atoms with Crippen LogP contribution in [0.1, 0.15) is 9.67 Å². The predicted molar refractivity (Wildman–Crippen MR) is 102 cm³/mol. The number of aromatic nitrogens is 2. The van der Waals surface area contributed by atoms with Crippen LogP contribution in [0, 0.1) is 0 Å². The summed E-state index contributed by atoms with van der Waals surface area (Å²) in [5, 5.41) is 9.04. The lowest BCUT2D eigenvalue weighted by Crippen LogP contribution is -2.10. The van der Waals surface area contributed by atoms with Crippen LogP contribution < -0.4 is 10.6 Å². The summed E-state index contributed by atoms with van der Waals surface area (Å²) in [7, 11) is 0. The quantitative estimate of drug-likeness (QED) is 0.563. The van der Waals surface area contributed by atoms with E-state index in [4.69, 9.17) is 0 Å². The summed E-state index contributed by atoms with van der Waals surface area (Å²) in [5.74, 6) is 0.558. The van der Waals surface area contributed by atoms with E-state index in [1.807, 2.05) is 53.9 Å². The third-order valence-electron chi connectivity index (χ3n) is 3.66. The molecule has 0 aliphatic heterocycles. The van der Waals surface area contributed by atoms with Crippen molar-refractivity contribution in [3.05, 3.63) is 77.2 Å².